The van der Waals surface area contributed by atoms with Gasteiger partial charge in [0.05, 0.1) is 18.6 Å². The number of aryl methyl sites for hydroxylation is 1. The van der Waals surface area contributed by atoms with Crippen molar-refractivity contribution in [3.05, 3.63) is 35.4 Å². The molecule has 1 N–H and O–H groups in total. The lowest BCUT2D eigenvalue weighted by molar-refractivity contribution is -0.146. The maximum absolute atomic E-state index is 10.9. The van der Waals surface area contributed by atoms with Crippen molar-refractivity contribution in [2.24, 2.45) is 5.41 Å². The number of aliphatic carboxylic acids is 1. The molecule has 1 saturated carbocycles. The zero-order valence-electron chi connectivity index (χ0n) is 9.40. The lowest BCUT2D eigenvalue weighted by atomic mass is 10.1. The van der Waals surface area contributed by atoms with E-state index in [0.717, 1.165) is 18.4 Å². The van der Waals surface area contributed by atoms with Crippen molar-refractivity contribution in [3.8, 4) is 0 Å². The topological polar surface area (TPSA) is 46.5 Å². The minimum Gasteiger partial charge on any atom is -0.481 e. The molecule has 0 saturated heterocycles. The molecule has 3 heteroatoms. The third-order valence-corrected chi connectivity index (χ3v) is 3.04. The average molecular weight is 220 g/mol. The summed E-state index contributed by atoms with van der Waals surface area (Å²) >= 11 is 0. The molecule has 0 unspecified atom stereocenters. The molecule has 0 atom stereocenters. The van der Waals surface area contributed by atoms with E-state index < -0.39 is 11.4 Å². The molecule has 0 amide bonds. The van der Waals surface area contributed by atoms with E-state index in [0.29, 0.717) is 13.2 Å². The van der Waals surface area contributed by atoms with Crippen molar-refractivity contribution < 1.29 is 14.6 Å². The third kappa shape index (κ3) is 2.42. The second kappa shape index (κ2) is 4.26. The molecule has 86 valence electrons. The van der Waals surface area contributed by atoms with E-state index in [1.165, 1.54) is 5.56 Å². The molecule has 0 radical (unpaired) electrons. The minimum atomic E-state index is -0.725. The summed E-state index contributed by atoms with van der Waals surface area (Å²) in [6.07, 6.45) is 1.49. The normalized spacial score (nSPS) is 17.1. The summed E-state index contributed by atoms with van der Waals surface area (Å²) in [5, 5.41) is 8.97. The average Bonchev–Trinajstić information content (AvgIpc) is 2.99. The monoisotopic (exact) mass is 220 g/mol. The smallest absolute Gasteiger partial charge is 0.311 e. The number of rotatable bonds is 5. The zero-order chi connectivity index (χ0) is 11.6. The predicted molar refractivity (Wildman–Crippen MR) is 60.1 cm³/mol. The van der Waals surface area contributed by atoms with E-state index in [-0.39, 0.29) is 0 Å². The Morgan fingerprint density at radius 3 is 2.81 bits per heavy atom. The van der Waals surface area contributed by atoms with Gasteiger partial charge in [0.2, 0.25) is 0 Å². The Balaban J connectivity index is 1.83. The van der Waals surface area contributed by atoms with Gasteiger partial charge in [-0.3, -0.25) is 4.79 Å². The molecule has 0 spiro atoms. The van der Waals surface area contributed by atoms with Crippen LogP contribution in [0.25, 0.3) is 0 Å². The fourth-order valence-corrected chi connectivity index (χ4v) is 1.74. The number of carboxylic acid groups (broad SMARTS) is 1. The van der Waals surface area contributed by atoms with Gasteiger partial charge in [-0.15, -0.1) is 0 Å². The van der Waals surface area contributed by atoms with Crippen LogP contribution in [0.1, 0.15) is 24.0 Å². The maximum Gasteiger partial charge on any atom is 0.311 e. The van der Waals surface area contributed by atoms with E-state index >= 15 is 0 Å². The maximum atomic E-state index is 10.9. The Labute approximate surface area is 95.0 Å². The van der Waals surface area contributed by atoms with Crippen LogP contribution in [0.4, 0.5) is 0 Å². The van der Waals surface area contributed by atoms with Gasteiger partial charge in [-0.2, -0.15) is 0 Å². The molecule has 0 aliphatic heterocycles. The van der Waals surface area contributed by atoms with Crippen molar-refractivity contribution in [1.29, 1.82) is 0 Å². The highest BCUT2D eigenvalue weighted by atomic mass is 16.5. The summed E-state index contributed by atoms with van der Waals surface area (Å²) < 4.78 is 5.48. The first-order valence-electron chi connectivity index (χ1n) is 5.49. The van der Waals surface area contributed by atoms with Gasteiger partial charge in [0, 0.05) is 0 Å². The van der Waals surface area contributed by atoms with E-state index in [9.17, 15) is 4.79 Å². The molecule has 0 aromatic heterocycles. The van der Waals surface area contributed by atoms with Crippen LogP contribution in [0.5, 0.6) is 0 Å². The van der Waals surface area contributed by atoms with Crippen molar-refractivity contribution in [3.63, 3.8) is 0 Å². The molecular weight excluding hydrogens is 204 g/mol. The van der Waals surface area contributed by atoms with Crippen LogP contribution in [-0.4, -0.2) is 17.7 Å². The lowest BCUT2D eigenvalue weighted by Gasteiger charge is -2.10. The van der Waals surface area contributed by atoms with Gasteiger partial charge < -0.3 is 9.84 Å². The van der Waals surface area contributed by atoms with Crippen molar-refractivity contribution >= 4 is 5.97 Å². The first kappa shape index (κ1) is 11.1. The number of benzene rings is 1. The minimum absolute atomic E-state index is 0.330. The molecule has 16 heavy (non-hydrogen) atoms. The summed E-state index contributed by atoms with van der Waals surface area (Å²) in [5.74, 6) is -0.725. The molecular formula is C13H16O3. The van der Waals surface area contributed by atoms with Gasteiger partial charge in [-0.25, -0.2) is 0 Å². The lowest BCUT2D eigenvalue weighted by Crippen LogP contribution is -2.21. The predicted octanol–water partition coefficient (Wildman–Crippen LogP) is 2.38. The summed E-state index contributed by atoms with van der Waals surface area (Å²) in [6, 6.07) is 8.06. The molecule has 1 fully saturated rings. The van der Waals surface area contributed by atoms with E-state index in [1.807, 2.05) is 25.1 Å². The molecule has 1 aliphatic rings. The van der Waals surface area contributed by atoms with Crippen LogP contribution in [0.15, 0.2) is 24.3 Å². The first-order valence-corrected chi connectivity index (χ1v) is 5.49. The number of hydrogen-bond acceptors (Lipinski definition) is 2. The molecule has 3 nitrogen and oxygen atoms in total. The molecule has 2 rings (SSSR count). The summed E-state index contributed by atoms with van der Waals surface area (Å²) in [7, 11) is 0. The largest absolute Gasteiger partial charge is 0.481 e. The van der Waals surface area contributed by atoms with Crippen LogP contribution >= 0.6 is 0 Å². The molecule has 1 aromatic rings. The van der Waals surface area contributed by atoms with E-state index in [2.05, 4.69) is 6.07 Å². The standard InChI is InChI=1S/C13H16O3/c1-10-3-2-4-11(7-10)8-16-9-13(5-6-13)12(14)15/h2-4,7H,5-6,8-9H2,1H3,(H,14,15). The van der Waals surface area contributed by atoms with Gasteiger partial charge in [0.1, 0.15) is 0 Å². The van der Waals surface area contributed by atoms with Crippen LogP contribution in [0.2, 0.25) is 0 Å². The van der Waals surface area contributed by atoms with Crippen LogP contribution < -0.4 is 0 Å². The SMILES string of the molecule is Cc1cccc(COCC2(C(=O)O)CC2)c1. The highest BCUT2D eigenvalue weighted by molar-refractivity contribution is 5.77. The van der Waals surface area contributed by atoms with Gasteiger partial charge in [0.15, 0.2) is 0 Å². The number of ether oxygens (including phenoxy) is 1. The van der Waals surface area contributed by atoms with Crippen LogP contribution in [-0.2, 0) is 16.1 Å². The highest BCUT2D eigenvalue weighted by Gasteiger charge is 2.50. The Bertz CT molecular complexity index is 394. The Morgan fingerprint density at radius 2 is 2.25 bits per heavy atom. The van der Waals surface area contributed by atoms with Gasteiger partial charge >= 0.3 is 5.97 Å². The van der Waals surface area contributed by atoms with Crippen molar-refractivity contribution in [2.75, 3.05) is 6.61 Å². The quantitative estimate of drug-likeness (QED) is 0.828. The van der Waals surface area contributed by atoms with Crippen LogP contribution in [0.3, 0.4) is 0 Å². The Kier molecular flexibility index (Phi) is 2.97. The third-order valence-electron chi connectivity index (χ3n) is 3.04. The van der Waals surface area contributed by atoms with Gasteiger partial charge in [-0.05, 0) is 25.3 Å². The Morgan fingerprint density at radius 1 is 1.50 bits per heavy atom. The van der Waals surface area contributed by atoms with E-state index in [1.54, 1.807) is 0 Å². The molecule has 1 aliphatic carbocycles. The van der Waals surface area contributed by atoms with Crippen molar-refractivity contribution in [2.45, 2.75) is 26.4 Å². The summed E-state index contributed by atoms with van der Waals surface area (Å²) in [4.78, 5) is 10.9. The molecule has 0 bridgehead atoms. The van der Waals surface area contributed by atoms with Crippen molar-refractivity contribution in [1.82, 2.24) is 0 Å². The van der Waals surface area contributed by atoms with Gasteiger partial charge in [-0.1, -0.05) is 29.8 Å². The number of hydrogen-bond donors (Lipinski definition) is 1. The highest BCUT2D eigenvalue weighted by Crippen LogP contribution is 2.46. The summed E-state index contributed by atoms with van der Waals surface area (Å²) in [5.41, 5.74) is 1.71. The summed E-state index contributed by atoms with van der Waals surface area (Å²) in [6.45, 7) is 2.86. The second-order valence-corrected chi connectivity index (χ2v) is 4.57. The van der Waals surface area contributed by atoms with Crippen LogP contribution in [0, 0.1) is 12.3 Å². The fraction of sp³-hybridized carbons (Fsp3) is 0.462. The number of carbonyl (C=O) groups is 1. The first-order chi connectivity index (χ1) is 7.62. The van der Waals surface area contributed by atoms with Gasteiger partial charge in [0.25, 0.3) is 0 Å². The van der Waals surface area contributed by atoms with E-state index in [4.69, 9.17) is 9.84 Å². The number of carboxylic acids is 1. The second-order valence-electron chi connectivity index (χ2n) is 4.57. The molecule has 1 aromatic carbocycles. The zero-order valence-corrected chi connectivity index (χ0v) is 9.40. The molecule has 0 heterocycles. The Hall–Kier alpha value is -1.35. The fourth-order valence-electron chi connectivity index (χ4n) is 1.74.